The Balaban J connectivity index is 1.60. The van der Waals surface area contributed by atoms with Crippen molar-refractivity contribution in [2.24, 2.45) is 5.10 Å². The fraction of sp³-hybridized carbons (Fsp3) is 0.176. The zero-order valence-electron chi connectivity index (χ0n) is 13.4. The lowest BCUT2D eigenvalue weighted by Gasteiger charge is -2.04. The van der Waals surface area contributed by atoms with Gasteiger partial charge in [0.05, 0.1) is 17.1 Å². The third kappa shape index (κ3) is 3.92. The molecule has 8 nitrogen and oxygen atoms in total. The van der Waals surface area contributed by atoms with Crippen molar-refractivity contribution in [3.63, 3.8) is 0 Å². The highest BCUT2D eigenvalue weighted by Gasteiger charge is 2.14. The van der Waals surface area contributed by atoms with Crippen LogP contribution in [0.2, 0.25) is 0 Å². The topological polar surface area (TPSA) is 103 Å². The number of nitro benzene ring substituents is 1. The van der Waals surface area contributed by atoms with Crippen molar-refractivity contribution >= 4 is 17.3 Å². The van der Waals surface area contributed by atoms with Crippen molar-refractivity contribution in [1.82, 2.24) is 5.43 Å². The maximum absolute atomic E-state index is 12.0. The second kappa shape index (κ2) is 7.00. The molecule has 1 N–H and O–H groups in total. The van der Waals surface area contributed by atoms with Crippen molar-refractivity contribution in [3.05, 3.63) is 63.7 Å². The Labute approximate surface area is 143 Å². The van der Waals surface area contributed by atoms with Crippen molar-refractivity contribution in [1.29, 1.82) is 0 Å². The fourth-order valence-electron chi connectivity index (χ4n) is 2.29. The molecule has 0 aromatic heterocycles. The molecule has 128 valence electrons. The molecule has 0 aliphatic carbocycles. The number of benzene rings is 2. The minimum atomic E-state index is -0.483. The van der Waals surface area contributed by atoms with E-state index in [1.54, 1.807) is 31.2 Å². The number of hydrazone groups is 1. The molecule has 3 rings (SSSR count). The van der Waals surface area contributed by atoms with E-state index >= 15 is 0 Å². The molecule has 1 amide bonds. The van der Waals surface area contributed by atoms with Gasteiger partial charge in [-0.2, -0.15) is 5.10 Å². The van der Waals surface area contributed by atoms with Gasteiger partial charge in [0.1, 0.15) is 0 Å². The number of fused-ring (bicyclic) bond motifs is 1. The number of carbonyl (C=O) groups excluding carboxylic acids is 1. The van der Waals surface area contributed by atoms with Crippen LogP contribution in [0, 0.1) is 10.1 Å². The van der Waals surface area contributed by atoms with Crippen LogP contribution in [0.15, 0.2) is 47.6 Å². The van der Waals surface area contributed by atoms with Gasteiger partial charge < -0.3 is 9.47 Å². The first-order valence-electron chi connectivity index (χ1n) is 7.49. The van der Waals surface area contributed by atoms with Gasteiger partial charge in [0, 0.05) is 17.7 Å². The van der Waals surface area contributed by atoms with Gasteiger partial charge in [-0.1, -0.05) is 12.1 Å². The lowest BCUT2D eigenvalue weighted by atomic mass is 10.1. The molecule has 1 heterocycles. The molecule has 8 heteroatoms. The van der Waals surface area contributed by atoms with Gasteiger partial charge in [-0.15, -0.1) is 0 Å². The number of carbonyl (C=O) groups is 1. The summed E-state index contributed by atoms with van der Waals surface area (Å²) in [6.07, 6.45) is 0.0793. The normalized spacial score (nSPS) is 12.8. The molecule has 1 aliphatic heterocycles. The smallest absolute Gasteiger partial charge is 0.269 e. The van der Waals surface area contributed by atoms with Crippen LogP contribution in [0.5, 0.6) is 11.5 Å². The van der Waals surface area contributed by atoms with Crippen LogP contribution >= 0.6 is 0 Å². The summed E-state index contributed by atoms with van der Waals surface area (Å²) in [5.74, 6) is 1.01. The first kappa shape index (κ1) is 16.4. The predicted octanol–water partition coefficient (Wildman–Crippen LogP) is 2.41. The average Bonchev–Trinajstić information content (AvgIpc) is 3.07. The van der Waals surface area contributed by atoms with E-state index in [0.717, 1.165) is 5.56 Å². The second-order valence-corrected chi connectivity index (χ2v) is 5.40. The summed E-state index contributed by atoms with van der Waals surface area (Å²) in [5.41, 5.74) is 4.56. The number of hydrogen-bond donors (Lipinski definition) is 1. The molecular formula is C17H15N3O5. The van der Waals surface area contributed by atoms with E-state index in [1.165, 1.54) is 12.1 Å². The Kier molecular flexibility index (Phi) is 4.60. The standard InChI is InChI=1S/C17H15N3O5/c1-11(13-4-7-15-16(9-13)25-10-24-15)18-19-17(21)8-12-2-5-14(6-3-12)20(22)23/h2-7,9H,8,10H2,1H3,(H,19,21). The zero-order valence-corrected chi connectivity index (χ0v) is 13.4. The lowest BCUT2D eigenvalue weighted by Crippen LogP contribution is -2.21. The summed E-state index contributed by atoms with van der Waals surface area (Å²) in [6, 6.07) is 11.2. The molecule has 0 saturated heterocycles. The highest BCUT2D eigenvalue weighted by atomic mass is 16.7. The summed E-state index contributed by atoms with van der Waals surface area (Å²) in [6.45, 7) is 1.96. The predicted molar refractivity (Wildman–Crippen MR) is 89.7 cm³/mol. The zero-order chi connectivity index (χ0) is 17.8. The van der Waals surface area contributed by atoms with Gasteiger partial charge in [-0.25, -0.2) is 5.43 Å². The van der Waals surface area contributed by atoms with E-state index in [-0.39, 0.29) is 24.8 Å². The van der Waals surface area contributed by atoms with Crippen LogP contribution in [-0.2, 0) is 11.2 Å². The highest BCUT2D eigenvalue weighted by molar-refractivity contribution is 5.99. The number of non-ortho nitro benzene ring substituents is 1. The first-order valence-corrected chi connectivity index (χ1v) is 7.49. The molecule has 0 atom stereocenters. The fourth-order valence-corrected chi connectivity index (χ4v) is 2.29. The Hall–Kier alpha value is -3.42. The number of hydrogen-bond acceptors (Lipinski definition) is 6. The largest absolute Gasteiger partial charge is 0.454 e. The van der Waals surface area contributed by atoms with E-state index < -0.39 is 4.92 Å². The van der Waals surface area contributed by atoms with Crippen LogP contribution in [-0.4, -0.2) is 23.3 Å². The van der Waals surface area contributed by atoms with E-state index in [9.17, 15) is 14.9 Å². The third-order valence-corrected chi connectivity index (χ3v) is 3.65. The molecule has 0 fully saturated rings. The van der Waals surface area contributed by atoms with Crippen LogP contribution in [0.1, 0.15) is 18.1 Å². The molecule has 2 aromatic carbocycles. The number of nitro groups is 1. The van der Waals surface area contributed by atoms with E-state index in [1.807, 2.05) is 6.07 Å². The average molecular weight is 341 g/mol. The van der Waals surface area contributed by atoms with Gasteiger partial charge in [0.15, 0.2) is 11.5 Å². The lowest BCUT2D eigenvalue weighted by molar-refractivity contribution is -0.384. The molecule has 0 saturated carbocycles. The first-order chi connectivity index (χ1) is 12.0. The minimum absolute atomic E-state index is 0.0131. The summed E-state index contributed by atoms with van der Waals surface area (Å²) >= 11 is 0. The number of amides is 1. The van der Waals surface area contributed by atoms with Crippen LogP contribution < -0.4 is 14.9 Å². The highest BCUT2D eigenvalue weighted by Crippen LogP contribution is 2.32. The van der Waals surface area contributed by atoms with Crippen LogP contribution in [0.3, 0.4) is 0 Å². The second-order valence-electron chi connectivity index (χ2n) is 5.40. The molecule has 2 aromatic rings. The molecular weight excluding hydrogens is 326 g/mol. The molecule has 0 spiro atoms. The Morgan fingerprint density at radius 1 is 1.20 bits per heavy atom. The van der Waals surface area contributed by atoms with Crippen molar-refractivity contribution in [3.8, 4) is 11.5 Å². The summed E-state index contributed by atoms with van der Waals surface area (Å²) < 4.78 is 10.6. The van der Waals surface area contributed by atoms with E-state index in [4.69, 9.17) is 9.47 Å². The monoisotopic (exact) mass is 341 g/mol. The maximum atomic E-state index is 12.0. The van der Waals surface area contributed by atoms with Gasteiger partial charge in [-0.3, -0.25) is 14.9 Å². The molecule has 0 bridgehead atoms. The van der Waals surface area contributed by atoms with Gasteiger partial charge in [0.2, 0.25) is 12.7 Å². The van der Waals surface area contributed by atoms with Gasteiger partial charge in [0.25, 0.3) is 5.69 Å². The molecule has 25 heavy (non-hydrogen) atoms. The van der Waals surface area contributed by atoms with Crippen molar-refractivity contribution in [2.45, 2.75) is 13.3 Å². The van der Waals surface area contributed by atoms with Gasteiger partial charge in [-0.05, 0) is 30.7 Å². The number of nitrogens with zero attached hydrogens (tertiary/aromatic N) is 2. The number of nitrogens with one attached hydrogen (secondary N) is 1. The molecule has 0 radical (unpaired) electrons. The third-order valence-electron chi connectivity index (χ3n) is 3.65. The SMILES string of the molecule is CC(=NNC(=O)Cc1ccc([N+](=O)[O-])cc1)c1ccc2c(c1)OCO2. The van der Waals surface area contributed by atoms with Crippen molar-refractivity contribution in [2.75, 3.05) is 6.79 Å². The van der Waals surface area contributed by atoms with E-state index in [0.29, 0.717) is 22.8 Å². The van der Waals surface area contributed by atoms with Crippen molar-refractivity contribution < 1.29 is 19.2 Å². The minimum Gasteiger partial charge on any atom is -0.454 e. The van der Waals surface area contributed by atoms with Crippen LogP contribution in [0.4, 0.5) is 5.69 Å². The molecule has 0 unspecified atom stereocenters. The number of ether oxygens (including phenoxy) is 2. The quantitative estimate of drug-likeness (QED) is 0.511. The summed E-state index contributed by atoms with van der Waals surface area (Å²) in [7, 11) is 0. The Morgan fingerprint density at radius 2 is 1.92 bits per heavy atom. The number of rotatable bonds is 5. The maximum Gasteiger partial charge on any atom is 0.269 e. The Morgan fingerprint density at radius 3 is 2.64 bits per heavy atom. The van der Waals surface area contributed by atoms with E-state index in [2.05, 4.69) is 10.5 Å². The van der Waals surface area contributed by atoms with Gasteiger partial charge >= 0.3 is 0 Å². The Bertz CT molecular complexity index is 846. The molecule has 1 aliphatic rings. The summed E-state index contributed by atoms with van der Waals surface area (Å²) in [5, 5.41) is 14.7. The van der Waals surface area contributed by atoms with Crippen LogP contribution in [0.25, 0.3) is 0 Å². The summed E-state index contributed by atoms with van der Waals surface area (Å²) in [4.78, 5) is 22.1.